The van der Waals surface area contributed by atoms with Crippen LogP contribution in [0.4, 0.5) is 0 Å². The van der Waals surface area contributed by atoms with Crippen LogP contribution in [0.2, 0.25) is 0 Å². The molecule has 0 aromatic heterocycles. The summed E-state index contributed by atoms with van der Waals surface area (Å²) in [4.78, 5) is 14.5. The van der Waals surface area contributed by atoms with Crippen molar-refractivity contribution in [2.75, 3.05) is 0 Å². The van der Waals surface area contributed by atoms with E-state index in [1.165, 1.54) is 57.8 Å². The minimum absolute atomic E-state index is 0.273. The highest BCUT2D eigenvalue weighted by atomic mass is 16.1. The predicted molar refractivity (Wildman–Crippen MR) is 67.2 cm³/mol. The zero-order chi connectivity index (χ0) is 11.6. The summed E-state index contributed by atoms with van der Waals surface area (Å²) in [7, 11) is 0. The van der Waals surface area contributed by atoms with E-state index in [4.69, 9.17) is 0 Å². The molecule has 0 heterocycles. The average Bonchev–Trinajstić information content (AvgIpc) is 2.34. The molecule has 0 N–H and O–H groups in total. The number of hydrogen-bond acceptors (Lipinski definition) is 2. The van der Waals surface area contributed by atoms with E-state index in [0.29, 0.717) is 5.92 Å². The molecule has 1 rings (SSSR count). The second-order valence-electron chi connectivity index (χ2n) is 5.04. The van der Waals surface area contributed by atoms with Gasteiger partial charge in [0.25, 0.3) is 0 Å². The Morgan fingerprint density at radius 3 is 2.56 bits per heavy atom. The number of rotatable bonds is 7. The summed E-state index contributed by atoms with van der Waals surface area (Å²) < 4.78 is 0. The van der Waals surface area contributed by atoms with Crippen LogP contribution in [-0.2, 0) is 4.79 Å². The quantitative estimate of drug-likeness (QED) is 0.360. The summed E-state index contributed by atoms with van der Waals surface area (Å²) in [5.74, 6) is 0.664. The number of hydrogen-bond donors (Lipinski definition) is 0. The van der Waals surface area contributed by atoms with Gasteiger partial charge in [0, 0.05) is 0 Å². The maximum Gasteiger partial charge on any atom is 0.235 e. The largest absolute Gasteiger partial charge is 0.235 e. The molecular weight excluding hydrogens is 198 g/mol. The van der Waals surface area contributed by atoms with Gasteiger partial charge in [-0.3, -0.25) is 0 Å². The number of carbonyl (C=O) groups excluding carboxylic acids is 1. The Kier molecular flexibility index (Phi) is 7.16. The van der Waals surface area contributed by atoms with Gasteiger partial charge >= 0.3 is 0 Å². The van der Waals surface area contributed by atoms with Crippen molar-refractivity contribution in [3.05, 3.63) is 0 Å². The highest BCUT2D eigenvalue weighted by Gasteiger charge is 2.22. The molecule has 0 aromatic carbocycles. The van der Waals surface area contributed by atoms with E-state index in [0.717, 1.165) is 6.42 Å². The molecule has 0 radical (unpaired) electrons. The van der Waals surface area contributed by atoms with Gasteiger partial charge in [-0.15, -0.1) is 0 Å². The third-order valence-electron chi connectivity index (χ3n) is 3.77. The Morgan fingerprint density at radius 1 is 1.19 bits per heavy atom. The Balaban J connectivity index is 2.30. The molecule has 1 atom stereocenters. The van der Waals surface area contributed by atoms with Crippen LogP contribution in [0.15, 0.2) is 4.99 Å². The molecule has 16 heavy (non-hydrogen) atoms. The molecule has 1 unspecified atom stereocenters. The van der Waals surface area contributed by atoms with E-state index < -0.39 is 0 Å². The van der Waals surface area contributed by atoms with Crippen molar-refractivity contribution in [3.63, 3.8) is 0 Å². The maximum atomic E-state index is 10.5. The molecular formula is C14H25NO. The van der Waals surface area contributed by atoms with Gasteiger partial charge < -0.3 is 0 Å². The molecule has 0 saturated heterocycles. The third-order valence-corrected chi connectivity index (χ3v) is 3.77. The Labute approximate surface area is 99.5 Å². The molecule has 0 aliphatic heterocycles. The van der Waals surface area contributed by atoms with Gasteiger partial charge in [-0.05, 0) is 25.2 Å². The molecule has 0 bridgehead atoms. The van der Waals surface area contributed by atoms with Crippen LogP contribution < -0.4 is 0 Å². The lowest BCUT2D eigenvalue weighted by Gasteiger charge is -2.26. The second kappa shape index (κ2) is 8.52. The van der Waals surface area contributed by atoms with Gasteiger partial charge in [0.1, 0.15) is 0 Å². The normalized spacial score (nSPS) is 19.1. The van der Waals surface area contributed by atoms with E-state index >= 15 is 0 Å². The van der Waals surface area contributed by atoms with Crippen molar-refractivity contribution in [2.45, 2.75) is 77.2 Å². The van der Waals surface area contributed by atoms with Crippen molar-refractivity contribution < 1.29 is 4.79 Å². The molecule has 92 valence electrons. The van der Waals surface area contributed by atoms with Gasteiger partial charge in [-0.2, -0.15) is 0 Å². The standard InChI is InChI=1S/C14H25NO/c1-2-3-4-8-11-14(15-12-16)13-9-6-5-7-10-13/h13-14H,2-11H2,1H3. The van der Waals surface area contributed by atoms with E-state index in [1.807, 2.05) is 0 Å². The van der Waals surface area contributed by atoms with Crippen molar-refractivity contribution in [1.82, 2.24) is 0 Å². The van der Waals surface area contributed by atoms with Crippen molar-refractivity contribution in [1.29, 1.82) is 0 Å². The zero-order valence-corrected chi connectivity index (χ0v) is 10.6. The minimum Gasteiger partial charge on any atom is -0.211 e. The third kappa shape index (κ3) is 4.94. The van der Waals surface area contributed by atoms with Crippen molar-refractivity contribution in [2.24, 2.45) is 10.9 Å². The lowest BCUT2D eigenvalue weighted by Crippen LogP contribution is -2.21. The first-order valence-corrected chi connectivity index (χ1v) is 6.95. The Morgan fingerprint density at radius 2 is 1.94 bits per heavy atom. The molecule has 2 nitrogen and oxygen atoms in total. The average molecular weight is 223 g/mol. The SMILES string of the molecule is CCCCCCC(N=C=O)C1CCCCC1. The first-order chi connectivity index (χ1) is 7.88. The summed E-state index contributed by atoms with van der Waals surface area (Å²) in [6, 6.07) is 0.273. The number of aliphatic imine (C=N–C) groups is 1. The fourth-order valence-corrected chi connectivity index (χ4v) is 2.77. The Hall–Kier alpha value is -0.620. The van der Waals surface area contributed by atoms with Crippen LogP contribution >= 0.6 is 0 Å². The van der Waals surface area contributed by atoms with Crippen LogP contribution in [0, 0.1) is 5.92 Å². The van der Waals surface area contributed by atoms with Gasteiger partial charge in [-0.1, -0.05) is 51.9 Å². The van der Waals surface area contributed by atoms with E-state index in [-0.39, 0.29) is 6.04 Å². The summed E-state index contributed by atoms with van der Waals surface area (Å²) in [5.41, 5.74) is 0. The molecule has 1 aliphatic rings. The highest BCUT2D eigenvalue weighted by Crippen LogP contribution is 2.30. The van der Waals surface area contributed by atoms with E-state index in [2.05, 4.69) is 11.9 Å². The molecule has 1 fully saturated rings. The van der Waals surface area contributed by atoms with E-state index in [9.17, 15) is 4.79 Å². The fourth-order valence-electron chi connectivity index (χ4n) is 2.77. The molecule has 0 amide bonds. The van der Waals surface area contributed by atoms with Crippen molar-refractivity contribution in [3.8, 4) is 0 Å². The minimum atomic E-state index is 0.273. The zero-order valence-electron chi connectivity index (χ0n) is 10.6. The molecule has 1 aliphatic carbocycles. The molecule has 0 spiro atoms. The van der Waals surface area contributed by atoms with Crippen LogP contribution in [0.3, 0.4) is 0 Å². The smallest absolute Gasteiger partial charge is 0.211 e. The lowest BCUT2D eigenvalue weighted by atomic mass is 9.82. The predicted octanol–water partition coefficient (Wildman–Crippen LogP) is 4.24. The van der Waals surface area contributed by atoms with Crippen LogP contribution in [0.1, 0.15) is 71.1 Å². The van der Waals surface area contributed by atoms with Gasteiger partial charge in [0.15, 0.2) is 0 Å². The lowest BCUT2D eigenvalue weighted by molar-refractivity contribution is 0.291. The topological polar surface area (TPSA) is 29.4 Å². The number of unbranched alkanes of at least 4 members (excludes halogenated alkanes) is 3. The second-order valence-corrected chi connectivity index (χ2v) is 5.04. The highest BCUT2D eigenvalue weighted by molar-refractivity contribution is 5.33. The van der Waals surface area contributed by atoms with E-state index in [1.54, 1.807) is 6.08 Å². The van der Waals surface area contributed by atoms with Crippen LogP contribution in [-0.4, -0.2) is 12.1 Å². The number of isocyanates is 1. The summed E-state index contributed by atoms with van der Waals surface area (Å²) in [6.07, 6.45) is 14.5. The monoisotopic (exact) mass is 223 g/mol. The summed E-state index contributed by atoms with van der Waals surface area (Å²) in [5, 5.41) is 0. The van der Waals surface area contributed by atoms with Gasteiger partial charge in [-0.25, -0.2) is 9.79 Å². The van der Waals surface area contributed by atoms with Crippen LogP contribution in [0.5, 0.6) is 0 Å². The first-order valence-electron chi connectivity index (χ1n) is 6.95. The molecule has 0 aromatic rings. The van der Waals surface area contributed by atoms with Gasteiger partial charge in [0.05, 0.1) is 6.04 Å². The molecule has 1 saturated carbocycles. The summed E-state index contributed by atoms with van der Waals surface area (Å²) >= 11 is 0. The maximum absolute atomic E-state index is 10.5. The first kappa shape index (κ1) is 13.4. The number of nitrogens with zero attached hydrogens (tertiary/aromatic N) is 1. The van der Waals surface area contributed by atoms with Crippen LogP contribution in [0.25, 0.3) is 0 Å². The summed E-state index contributed by atoms with van der Waals surface area (Å²) in [6.45, 7) is 2.22. The van der Waals surface area contributed by atoms with Gasteiger partial charge in [0.2, 0.25) is 6.08 Å². The van der Waals surface area contributed by atoms with Crippen molar-refractivity contribution >= 4 is 6.08 Å². The molecule has 2 heteroatoms. The Bertz CT molecular complexity index is 215. The fraction of sp³-hybridized carbons (Fsp3) is 0.929.